The Bertz CT molecular complexity index is 604. The third-order valence-electron chi connectivity index (χ3n) is 2.94. The van der Waals surface area contributed by atoms with Crippen LogP contribution in [0.2, 0.25) is 0 Å². The molecule has 0 fully saturated rings. The van der Waals surface area contributed by atoms with Crippen LogP contribution in [-0.4, -0.2) is 22.2 Å². The van der Waals surface area contributed by atoms with Gasteiger partial charge < -0.3 is 14.8 Å². The van der Waals surface area contributed by atoms with E-state index in [-0.39, 0.29) is 23.1 Å². The van der Waals surface area contributed by atoms with Crippen molar-refractivity contribution in [3.05, 3.63) is 46.5 Å². The van der Waals surface area contributed by atoms with Gasteiger partial charge in [0.05, 0.1) is 0 Å². The zero-order chi connectivity index (χ0) is 13.8. The molecule has 1 heterocycles. The van der Waals surface area contributed by atoms with Crippen molar-refractivity contribution < 1.29 is 9.84 Å². The fourth-order valence-electron chi connectivity index (χ4n) is 1.97. The van der Waals surface area contributed by atoms with Gasteiger partial charge in [-0.3, -0.25) is 4.79 Å². The van der Waals surface area contributed by atoms with Gasteiger partial charge in [-0.2, -0.15) is 4.98 Å². The number of benzene rings is 1. The summed E-state index contributed by atoms with van der Waals surface area (Å²) in [6.45, 7) is 1.91. The van der Waals surface area contributed by atoms with E-state index < -0.39 is 0 Å². The SMILES string of the molecule is CCC(OC)c1nc(O)c(-c2ccccc2)c(=O)[nH]1. The molecule has 0 radical (unpaired) electrons. The van der Waals surface area contributed by atoms with Crippen molar-refractivity contribution in [1.82, 2.24) is 9.97 Å². The van der Waals surface area contributed by atoms with Crippen LogP contribution < -0.4 is 5.56 Å². The quantitative estimate of drug-likeness (QED) is 0.884. The summed E-state index contributed by atoms with van der Waals surface area (Å²) in [6.07, 6.45) is 0.326. The molecule has 0 spiro atoms. The molecule has 1 aromatic carbocycles. The summed E-state index contributed by atoms with van der Waals surface area (Å²) in [4.78, 5) is 18.8. The predicted octanol–water partition coefficient (Wildman–Crippen LogP) is 2.24. The van der Waals surface area contributed by atoms with E-state index in [1.807, 2.05) is 13.0 Å². The van der Waals surface area contributed by atoms with E-state index in [2.05, 4.69) is 9.97 Å². The number of ether oxygens (including phenoxy) is 1. The molecule has 2 rings (SSSR count). The van der Waals surface area contributed by atoms with E-state index in [1.165, 1.54) is 7.11 Å². The van der Waals surface area contributed by atoms with Gasteiger partial charge in [-0.05, 0) is 12.0 Å². The Hall–Kier alpha value is -2.14. The number of H-pyrrole nitrogens is 1. The molecule has 5 nitrogen and oxygen atoms in total. The first-order valence-corrected chi connectivity index (χ1v) is 6.08. The van der Waals surface area contributed by atoms with Crippen LogP contribution in [0.15, 0.2) is 35.1 Å². The van der Waals surface area contributed by atoms with Gasteiger partial charge in [0.1, 0.15) is 17.5 Å². The Morgan fingerprint density at radius 3 is 2.58 bits per heavy atom. The molecule has 1 unspecified atom stereocenters. The number of hydrogen-bond acceptors (Lipinski definition) is 4. The normalized spacial score (nSPS) is 12.3. The van der Waals surface area contributed by atoms with Crippen LogP contribution in [0.3, 0.4) is 0 Å². The van der Waals surface area contributed by atoms with E-state index in [0.717, 1.165) is 0 Å². The molecule has 1 aromatic heterocycles. The first kappa shape index (κ1) is 13.3. The van der Waals surface area contributed by atoms with E-state index in [9.17, 15) is 9.90 Å². The molecular weight excluding hydrogens is 244 g/mol. The summed E-state index contributed by atoms with van der Waals surface area (Å²) in [6, 6.07) is 8.94. The largest absolute Gasteiger partial charge is 0.493 e. The average Bonchev–Trinajstić information content (AvgIpc) is 2.40. The highest BCUT2D eigenvalue weighted by Crippen LogP contribution is 2.25. The molecule has 0 saturated heterocycles. The van der Waals surface area contributed by atoms with E-state index in [4.69, 9.17) is 4.74 Å². The molecule has 0 amide bonds. The molecule has 0 aliphatic carbocycles. The number of aromatic hydroxyl groups is 1. The third-order valence-corrected chi connectivity index (χ3v) is 2.94. The number of rotatable bonds is 4. The minimum Gasteiger partial charge on any atom is -0.493 e. The van der Waals surface area contributed by atoms with E-state index in [0.29, 0.717) is 17.8 Å². The lowest BCUT2D eigenvalue weighted by molar-refractivity contribution is 0.0918. The van der Waals surface area contributed by atoms with Gasteiger partial charge in [0.25, 0.3) is 5.56 Å². The van der Waals surface area contributed by atoms with Gasteiger partial charge in [-0.1, -0.05) is 37.3 Å². The van der Waals surface area contributed by atoms with Crippen LogP contribution in [0.5, 0.6) is 5.88 Å². The molecule has 1 atom stereocenters. The summed E-state index contributed by atoms with van der Waals surface area (Å²) in [5, 5.41) is 9.98. The Morgan fingerprint density at radius 1 is 1.37 bits per heavy atom. The van der Waals surface area contributed by atoms with Crippen molar-refractivity contribution in [3.63, 3.8) is 0 Å². The van der Waals surface area contributed by atoms with Crippen molar-refractivity contribution in [3.8, 4) is 17.0 Å². The number of nitrogens with one attached hydrogen (secondary N) is 1. The van der Waals surface area contributed by atoms with Gasteiger partial charge in [-0.15, -0.1) is 0 Å². The highest BCUT2D eigenvalue weighted by Gasteiger charge is 2.17. The fraction of sp³-hybridized carbons (Fsp3) is 0.286. The zero-order valence-corrected chi connectivity index (χ0v) is 10.9. The van der Waals surface area contributed by atoms with Crippen LogP contribution in [0.4, 0.5) is 0 Å². The number of aromatic nitrogens is 2. The lowest BCUT2D eigenvalue weighted by atomic mass is 10.1. The zero-order valence-electron chi connectivity index (χ0n) is 10.9. The first-order valence-electron chi connectivity index (χ1n) is 6.08. The average molecular weight is 260 g/mol. The molecule has 19 heavy (non-hydrogen) atoms. The second-order valence-electron chi connectivity index (χ2n) is 4.15. The maximum absolute atomic E-state index is 12.1. The van der Waals surface area contributed by atoms with Gasteiger partial charge in [0.15, 0.2) is 0 Å². The van der Waals surface area contributed by atoms with E-state index in [1.54, 1.807) is 24.3 Å². The Labute approximate surface area is 110 Å². The lowest BCUT2D eigenvalue weighted by Gasteiger charge is -2.13. The van der Waals surface area contributed by atoms with Crippen LogP contribution in [0.1, 0.15) is 25.3 Å². The van der Waals surface area contributed by atoms with Crippen molar-refractivity contribution >= 4 is 0 Å². The molecule has 0 aliphatic rings. The van der Waals surface area contributed by atoms with Gasteiger partial charge >= 0.3 is 0 Å². The van der Waals surface area contributed by atoms with Crippen molar-refractivity contribution in [1.29, 1.82) is 0 Å². The molecule has 0 aliphatic heterocycles. The van der Waals surface area contributed by atoms with Crippen molar-refractivity contribution in [2.24, 2.45) is 0 Å². The Morgan fingerprint density at radius 2 is 2.05 bits per heavy atom. The summed E-state index contributed by atoms with van der Waals surface area (Å²) >= 11 is 0. The number of nitrogens with zero attached hydrogens (tertiary/aromatic N) is 1. The van der Waals surface area contributed by atoms with Crippen LogP contribution in [0, 0.1) is 0 Å². The smallest absolute Gasteiger partial charge is 0.262 e. The summed E-state index contributed by atoms with van der Waals surface area (Å²) in [5.41, 5.74) is 0.435. The van der Waals surface area contributed by atoms with E-state index >= 15 is 0 Å². The Balaban J connectivity index is 2.53. The molecule has 2 aromatic rings. The van der Waals surface area contributed by atoms with Crippen LogP contribution in [-0.2, 0) is 4.74 Å². The minimum absolute atomic E-state index is 0.176. The topological polar surface area (TPSA) is 75.2 Å². The van der Waals surface area contributed by atoms with Crippen LogP contribution in [0.25, 0.3) is 11.1 Å². The number of methoxy groups -OCH3 is 1. The fourth-order valence-corrected chi connectivity index (χ4v) is 1.97. The molecule has 100 valence electrons. The molecule has 0 saturated carbocycles. The number of hydrogen-bond donors (Lipinski definition) is 2. The highest BCUT2D eigenvalue weighted by atomic mass is 16.5. The lowest BCUT2D eigenvalue weighted by Crippen LogP contribution is -2.17. The Kier molecular flexibility index (Phi) is 3.97. The van der Waals surface area contributed by atoms with Gasteiger partial charge in [-0.25, -0.2) is 0 Å². The molecule has 5 heteroatoms. The molecule has 0 bridgehead atoms. The third kappa shape index (κ3) is 2.66. The van der Waals surface area contributed by atoms with Crippen molar-refractivity contribution in [2.45, 2.75) is 19.4 Å². The highest BCUT2D eigenvalue weighted by molar-refractivity contribution is 5.66. The van der Waals surface area contributed by atoms with Crippen LogP contribution >= 0.6 is 0 Å². The monoisotopic (exact) mass is 260 g/mol. The summed E-state index contributed by atoms with van der Waals surface area (Å²) in [7, 11) is 1.54. The van der Waals surface area contributed by atoms with Crippen molar-refractivity contribution in [2.75, 3.05) is 7.11 Å². The summed E-state index contributed by atoms with van der Waals surface area (Å²) < 4.78 is 5.20. The minimum atomic E-state index is -0.371. The molecular formula is C14H16N2O3. The second kappa shape index (κ2) is 5.67. The maximum atomic E-state index is 12.1. The first-order chi connectivity index (χ1) is 9.17. The van der Waals surface area contributed by atoms with Gasteiger partial charge in [0, 0.05) is 7.11 Å². The molecule has 2 N–H and O–H groups in total. The van der Waals surface area contributed by atoms with Gasteiger partial charge in [0.2, 0.25) is 5.88 Å². The number of aromatic amines is 1. The predicted molar refractivity (Wildman–Crippen MR) is 72.0 cm³/mol. The second-order valence-corrected chi connectivity index (χ2v) is 4.15. The standard InChI is InChI=1S/C14H16N2O3/c1-3-10(19-2)12-15-13(17)11(14(18)16-12)9-7-5-4-6-8-9/h4-8,10H,3H2,1-2H3,(H2,15,16,17,18). The maximum Gasteiger partial charge on any atom is 0.262 e. The summed E-state index contributed by atoms with van der Waals surface area (Å²) in [5.74, 6) is 0.0626.